The number of aromatic nitrogens is 1. The van der Waals surface area contributed by atoms with E-state index in [9.17, 15) is 13.2 Å². The molecule has 0 spiro atoms. The lowest BCUT2D eigenvalue weighted by Crippen LogP contribution is -2.11. The lowest BCUT2D eigenvalue weighted by Gasteiger charge is -2.05. The average molecular weight is 176 g/mol. The van der Waals surface area contributed by atoms with Crippen LogP contribution in [0.5, 0.6) is 0 Å². The molecule has 1 aromatic rings. The summed E-state index contributed by atoms with van der Waals surface area (Å²) < 4.78 is 37.4. The Morgan fingerprint density at radius 3 is 2.42 bits per heavy atom. The summed E-state index contributed by atoms with van der Waals surface area (Å²) in [5.41, 5.74) is 4.97. The first-order chi connectivity index (χ1) is 5.52. The van der Waals surface area contributed by atoms with Gasteiger partial charge in [0.1, 0.15) is 5.82 Å². The highest BCUT2D eigenvalue weighted by Gasteiger charge is 2.13. The number of rotatable bonds is 1. The van der Waals surface area contributed by atoms with E-state index < -0.39 is 23.6 Å². The van der Waals surface area contributed by atoms with Gasteiger partial charge in [-0.25, -0.2) is 13.8 Å². The van der Waals surface area contributed by atoms with Crippen molar-refractivity contribution in [1.82, 2.24) is 4.98 Å². The first kappa shape index (κ1) is 8.99. The molecular weight excluding hydrogens is 169 g/mol. The van der Waals surface area contributed by atoms with Crippen LogP contribution in [0.1, 0.15) is 18.7 Å². The monoisotopic (exact) mass is 176 g/mol. The van der Waals surface area contributed by atoms with Crippen LogP contribution in [0.3, 0.4) is 0 Å². The molecule has 2 nitrogen and oxygen atoms in total. The first-order valence-corrected chi connectivity index (χ1v) is 3.29. The molecule has 1 rings (SSSR count). The lowest BCUT2D eigenvalue weighted by molar-refractivity contribution is 0.450. The molecule has 1 unspecified atom stereocenters. The van der Waals surface area contributed by atoms with Crippen molar-refractivity contribution in [1.29, 1.82) is 0 Å². The Morgan fingerprint density at radius 2 is 1.92 bits per heavy atom. The number of hydrogen-bond donors (Lipinski definition) is 1. The van der Waals surface area contributed by atoms with Gasteiger partial charge in [-0.05, 0) is 6.92 Å². The van der Waals surface area contributed by atoms with Gasteiger partial charge in [0.2, 0.25) is 5.95 Å². The third-order valence-electron chi connectivity index (χ3n) is 1.35. The number of pyridine rings is 1. The summed E-state index contributed by atoms with van der Waals surface area (Å²) in [6, 6.07) is -0.318. The SMILES string of the molecule is CC(N)c1nc(F)c(F)cc1F. The van der Waals surface area contributed by atoms with Gasteiger partial charge < -0.3 is 5.73 Å². The van der Waals surface area contributed by atoms with Gasteiger partial charge in [0.05, 0.1) is 5.69 Å². The second kappa shape index (κ2) is 3.10. The van der Waals surface area contributed by atoms with E-state index in [-0.39, 0.29) is 5.69 Å². The average Bonchev–Trinajstić information content (AvgIpc) is 1.96. The molecule has 0 aliphatic carbocycles. The fourth-order valence-electron chi connectivity index (χ4n) is 0.777. The zero-order chi connectivity index (χ0) is 9.30. The van der Waals surface area contributed by atoms with Gasteiger partial charge in [-0.1, -0.05) is 0 Å². The summed E-state index contributed by atoms with van der Waals surface area (Å²) in [5, 5.41) is 0. The van der Waals surface area contributed by atoms with Gasteiger partial charge in [-0.3, -0.25) is 0 Å². The molecular formula is C7H7F3N2. The van der Waals surface area contributed by atoms with Crippen LogP contribution in [-0.2, 0) is 0 Å². The fourth-order valence-corrected chi connectivity index (χ4v) is 0.777. The highest BCUT2D eigenvalue weighted by Crippen LogP contribution is 2.14. The summed E-state index contributed by atoms with van der Waals surface area (Å²) in [6.45, 7) is 1.43. The van der Waals surface area contributed by atoms with E-state index in [1.54, 1.807) is 0 Å². The summed E-state index contributed by atoms with van der Waals surface area (Å²) in [7, 11) is 0. The zero-order valence-electron chi connectivity index (χ0n) is 6.31. The molecule has 12 heavy (non-hydrogen) atoms. The molecule has 0 amide bonds. The maximum atomic E-state index is 12.7. The largest absolute Gasteiger partial charge is 0.323 e. The first-order valence-electron chi connectivity index (χ1n) is 3.29. The maximum Gasteiger partial charge on any atom is 0.249 e. The standard InChI is InChI=1S/C7H7F3N2/c1-3(11)6-4(8)2-5(9)7(10)12-6/h2-3H,11H2,1H3. The Bertz CT molecular complexity index is 299. The second-order valence-corrected chi connectivity index (χ2v) is 2.42. The van der Waals surface area contributed by atoms with Crippen LogP contribution in [0, 0.1) is 17.6 Å². The highest BCUT2D eigenvalue weighted by molar-refractivity contribution is 5.12. The van der Waals surface area contributed by atoms with Crippen molar-refractivity contribution >= 4 is 0 Å². The smallest absolute Gasteiger partial charge is 0.249 e. The summed E-state index contributed by atoms with van der Waals surface area (Å²) >= 11 is 0. The van der Waals surface area contributed by atoms with Crippen LogP contribution in [0.4, 0.5) is 13.2 Å². The quantitative estimate of drug-likeness (QED) is 0.659. The molecule has 0 saturated heterocycles. The van der Waals surface area contributed by atoms with Gasteiger partial charge in [0.25, 0.3) is 0 Å². The molecule has 0 aromatic carbocycles. The van der Waals surface area contributed by atoms with E-state index in [0.29, 0.717) is 6.07 Å². The van der Waals surface area contributed by atoms with Crippen molar-refractivity contribution in [2.24, 2.45) is 5.73 Å². The Balaban J connectivity index is 3.23. The van der Waals surface area contributed by atoms with Crippen LogP contribution >= 0.6 is 0 Å². The van der Waals surface area contributed by atoms with Crippen molar-refractivity contribution in [2.45, 2.75) is 13.0 Å². The van der Waals surface area contributed by atoms with Gasteiger partial charge in [-0.15, -0.1) is 0 Å². The van der Waals surface area contributed by atoms with E-state index >= 15 is 0 Å². The van der Waals surface area contributed by atoms with E-state index in [1.165, 1.54) is 6.92 Å². The predicted molar refractivity (Wildman–Crippen MR) is 36.7 cm³/mol. The Labute approximate surface area is 67.2 Å². The van der Waals surface area contributed by atoms with Crippen LogP contribution in [-0.4, -0.2) is 4.98 Å². The van der Waals surface area contributed by atoms with Crippen molar-refractivity contribution in [3.8, 4) is 0 Å². The second-order valence-electron chi connectivity index (χ2n) is 2.42. The Kier molecular flexibility index (Phi) is 2.32. The minimum Gasteiger partial charge on any atom is -0.323 e. The Hall–Kier alpha value is -1.10. The van der Waals surface area contributed by atoms with E-state index in [0.717, 1.165) is 0 Å². The van der Waals surface area contributed by atoms with E-state index in [1.807, 2.05) is 0 Å². The molecule has 2 N–H and O–H groups in total. The molecule has 0 bridgehead atoms. The number of nitrogens with two attached hydrogens (primary N) is 1. The van der Waals surface area contributed by atoms with Crippen molar-refractivity contribution in [3.63, 3.8) is 0 Å². The van der Waals surface area contributed by atoms with E-state index in [4.69, 9.17) is 5.73 Å². The maximum absolute atomic E-state index is 12.7. The van der Waals surface area contributed by atoms with Crippen LogP contribution < -0.4 is 5.73 Å². The molecule has 0 aliphatic rings. The molecule has 0 aliphatic heterocycles. The van der Waals surface area contributed by atoms with E-state index in [2.05, 4.69) is 4.98 Å². The van der Waals surface area contributed by atoms with Gasteiger partial charge in [0.15, 0.2) is 5.82 Å². The van der Waals surface area contributed by atoms with Crippen molar-refractivity contribution < 1.29 is 13.2 Å². The molecule has 5 heteroatoms. The summed E-state index contributed by atoms with van der Waals surface area (Å²) in [5.74, 6) is -3.57. The zero-order valence-corrected chi connectivity index (χ0v) is 6.31. The van der Waals surface area contributed by atoms with Crippen molar-refractivity contribution in [3.05, 3.63) is 29.3 Å². The number of hydrogen-bond acceptors (Lipinski definition) is 2. The minimum atomic E-state index is -1.33. The predicted octanol–water partition coefficient (Wildman–Crippen LogP) is 1.52. The topological polar surface area (TPSA) is 38.9 Å². The van der Waals surface area contributed by atoms with Crippen molar-refractivity contribution in [2.75, 3.05) is 0 Å². The molecule has 0 saturated carbocycles. The summed E-state index contributed by atoms with van der Waals surface area (Å²) in [6.07, 6.45) is 0. The molecule has 0 radical (unpaired) electrons. The van der Waals surface area contributed by atoms with Gasteiger partial charge in [-0.2, -0.15) is 4.39 Å². The normalized spacial score (nSPS) is 13.1. The van der Waals surface area contributed by atoms with Crippen LogP contribution in [0.15, 0.2) is 6.07 Å². The molecule has 1 aromatic heterocycles. The van der Waals surface area contributed by atoms with Gasteiger partial charge in [0, 0.05) is 12.1 Å². The third kappa shape index (κ3) is 1.55. The Morgan fingerprint density at radius 1 is 1.33 bits per heavy atom. The number of halogens is 3. The fraction of sp³-hybridized carbons (Fsp3) is 0.286. The molecule has 1 atom stereocenters. The minimum absolute atomic E-state index is 0.270. The summed E-state index contributed by atoms with van der Waals surface area (Å²) in [4.78, 5) is 3.03. The van der Waals surface area contributed by atoms with Crippen LogP contribution in [0.25, 0.3) is 0 Å². The lowest BCUT2D eigenvalue weighted by atomic mass is 10.2. The molecule has 0 fully saturated rings. The molecule has 1 heterocycles. The molecule has 66 valence electrons. The van der Waals surface area contributed by atoms with Crippen LogP contribution in [0.2, 0.25) is 0 Å². The third-order valence-corrected chi connectivity index (χ3v) is 1.35. The highest BCUT2D eigenvalue weighted by atomic mass is 19.2. The number of nitrogens with zero attached hydrogens (tertiary/aromatic N) is 1. The van der Waals surface area contributed by atoms with Gasteiger partial charge >= 0.3 is 0 Å².